The molecule has 0 bridgehead atoms. The van der Waals surface area contributed by atoms with Crippen LogP contribution in [0.4, 0.5) is 10.3 Å². The minimum Gasteiger partial charge on any atom is -0.485 e. The Labute approximate surface area is 184 Å². The third-order valence-corrected chi connectivity index (χ3v) is 6.58. The Hall–Kier alpha value is -3.55. The van der Waals surface area contributed by atoms with Crippen LogP contribution < -0.4 is 14.4 Å². The summed E-state index contributed by atoms with van der Waals surface area (Å²) in [5, 5.41) is 10.0. The molecule has 8 heteroatoms. The fraction of sp³-hybridized carbons (Fsp3) is 0.333. The minimum absolute atomic E-state index is 0.213. The highest BCUT2D eigenvalue weighted by Crippen LogP contribution is 2.37. The largest absolute Gasteiger partial charge is 0.485 e. The maximum absolute atomic E-state index is 13.5. The summed E-state index contributed by atoms with van der Waals surface area (Å²) in [6, 6.07) is 12.6. The Bertz CT molecular complexity index is 1270. The molecular formula is C24H24FN5O2. The van der Waals surface area contributed by atoms with E-state index in [1.807, 2.05) is 48.1 Å². The van der Waals surface area contributed by atoms with Crippen molar-refractivity contribution in [3.8, 4) is 11.5 Å². The monoisotopic (exact) mass is 433 g/mol. The molecule has 4 aromatic rings. The van der Waals surface area contributed by atoms with Gasteiger partial charge in [0.25, 0.3) is 0 Å². The molecule has 0 aliphatic carbocycles. The molecule has 2 aliphatic rings. The van der Waals surface area contributed by atoms with Gasteiger partial charge in [-0.2, -0.15) is 0 Å². The summed E-state index contributed by atoms with van der Waals surface area (Å²) in [5.74, 6) is 3.32. The number of fused-ring (bicyclic) bond motifs is 2. The smallest absolute Gasteiger partial charge is 0.227 e. The molecule has 1 unspecified atom stereocenters. The summed E-state index contributed by atoms with van der Waals surface area (Å²) < 4.78 is 27.5. The SMILES string of the molecule is Cn1c(C2COc3ccccc3O2)nnc1N1CCC(c2c[nH]c3cc(F)ccc23)CC1. The average Bonchev–Trinajstić information content (AvgIpc) is 3.42. The Morgan fingerprint density at radius 3 is 2.72 bits per heavy atom. The van der Waals surface area contributed by atoms with Crippen molar-refractivity contribution in [1.82, 2.24) is 19.7 Å². The number of nitrogens with zero attached hydrogens (tertiary/aromatic N) is 4. The quantitative estimate of drug-likeness (QED) is 0.521. The molecule has 1 N–H and O–H groups in total. The number of nitrogens with one attached hydrogen (secondary N) is 1. The van der Waals surface area contributed by atoms with Crippen molar-refractivity contribution in [3.05, 3.63) is 65.9 Å². The van der Waals surface area contributed by atoms with E-state index in [-0.39, 0.29) is 11.9 Å². The highest BCUT2D eigenvalue weighted by molar-refractivity contribution is 5.83. The number of ether oxygens (including phenoxy) is 2. The van der Waals surface area contributed by atoms with Gasteiger partial charge in [0.15, 0.2) is 23.4 Å². The topological polar surface area (TPSA) is 68.2 Å². The lowest BCUT2D eigenvalue weighted by atomic mass is 9.89. The molecule has 2 aliphatic heterocycles. The number of anilines is 1. The first-order valence-electron chi connectivity index (χ1n) is 11.0. The summed E-state index contributed by atoms with van der Waals surface area (Å²) in [6.07, 6.45) is 3.75. The van der Waals surface area contributed by atoms with Crippen molar-refractivity contribution in [2.45, 2.75) is 24.9 Å². The summed E-state index contributed by atoms with van der Waals surface area (Å²) in [5.41, 5.74) is 2.13. The predicted molar refractivity (Wildman–Crippen MR) is 119 cm³/mol. The molecule has 164 valence electrons. The van der Waals surface area contributed by atoms with Gasteiger partial charge in [-0.1, -0.05) is 12.1 Å². The van der Waals surface area contributed by atoms with Gasteiger partial charge in [0.1, 0.15) is 12.4 Å². The van der Waals surface area contributed by atoms with Crippen LogP contribution in [0.15, 0.2) is 48.7 Å². The summed E-state index contributed by atoms with van der Waals surface area (Å²) in [7, 11) is 1.98. The first kappa shape index (κ1) is 19.2. The number of hydrogen-bond acceptors (Lipinski definition) is 5. The van der Waals surface area contributed by atoms with Crippen molar-refractivity contribution in [2.24, 2.45) is 7.05 Å². The maximum Gasteiger partial charge on any atom is 0.227 e. The van der Waals surface area contributed by atoms with Gasteiger partial charge >= 0.3 is 0 Å². The number of piperidine rings is 1. The van der Waals surface area contributed by atoms with Crippen molar-refractivity contribution in [3.63, 3.8) is 0 Å². The molecule has 0 saturated carbocycles. The lowest BCUT2D eigenvalue weighted by Crippen LogP contribution is -2.35. The Morgan fingerprint density at radius 2 is 1.88 bits per heavy atom. The van der Waals surface area contributed by atoms with Gasteiger partial charge in [0.05, 0.1) is 0 Å². The summed E-state index contributed by atoms with van der Waals surface area (Å²) in [4.78, 5) is 5.50. The zero-order chi connectivity index (χ0) is 21.7. The second-order valence-electron chi connectivity index (χ2n) is 8.48. The van der Waals surface area contributed by atoms with E-state index >= 15 is 0 Å². The molecular weight excluding hydrogens is 409 g/mol. The third-order valence-electron chi connectivity index (χ3n) is 6.58. The Kier molecular flexibility index (Phi) is 4.52. The van der Waals surface area contributed by atoms with Gasteiger partial charge in [0.2, 0.25) is 5.95 Å². The van der Waals surface area contributed by atoms with E-state index in [1.54, 1.807) is 6.07 Å². The summed E-state index contributed by atoms with van der Waals surface area (Å²) >= 11 is 0. The molecule has 7 nitrogen and oxygen atoms in total. The first-order valence-corrected chi connectivity index (χ1v) is 11.0. The zero-order valence-corrected chi connectivity index (χ0v) is 17.8. The van der Waals surface area contributed by atoms with E-state index in [2.05, 4.69) is 20.1 Å². The van der Waals surface area contributed by atoms with Crippen molar-refractivity contribution < 1.29 is 13.9 Å². The Morgan fingerprint density at radius 1 is 1.06 bits per heavy atom. The van der Waals surface area contributed by atoms with E-state index in [1.165, 1.54) is 11.6 Å². The number of aromatic nitrogens is 4. The number of halogens is 1. The van der Waals surface area contributed by atoms with Gasteiger partial charge in [0, 0.05) is 37.2 Å². The molecule has 1 saturated heterocycles. The van der Waals surface area contributed by atoms with Crippen LogP contribution in [-0.4, -0.2) is 39.4 Å². The Balaban J connectivity index is 1.17. The molecule has 2 aromatic carbocycles. The molecule has 1 atom stereocenters. The number of hydrogen-bond donors (Lipinski definition) is 1. The van der Waals surface area contributed by atoms with Crippen molar-refractivity contribution in [1.29, 1.82) is 0 Å². The highest BCUT2D eigenvalue weighted by Gasteiger charge is 2.30. The zero-order valence-electron chi connectivity index (χ0n) is 17.8. The number of para-hydroxylation sites is 2. The van der Waals surface area contributed by atoms with E-state index in [9.17, 15) is 4.39 Å². The number of benzene rings is 2. The van der Waals surface area contributed by atoms with E-state index in [4.69, 9.17) is 9.47 Å². The second-order valence-corrected chi connectivity index (χ2v) is 8.48. The van der Waals surface area contributed by atoms with Crippen LogP contribution in [0.3, 0.4) is 0 Å². The van der Waals surface area contributed by atoms with Gasteiger partial charge in [-0.15, -0.1) is 10.2 Å². The van der Waals surface area contributed by atoms with Gasteiger partial charge in [-0.25, -0.2) is 4.39 Å². The highest BCUT2D eigenvalue weighted by atomic mass is 19.1. The molecule has 0 amide bonds. The lowest BCUT2D eigenvalue weighted by Gasteiger charge is -2.32. The lowest BCUT2D eigenvalue weighted by molar-refractivity contribution is 0.0829. The second kappa shape index (κ2) is 7.55. The van der Waals surface area contributed by atoms with Crippen molar-refractivity contribution in [2.75, 3.05) is 24.6 Å². The van der Waals surface area contributed by atoms with Crippen LogP contribution in [0, 0.1) is 5.82 Å². The minimum atomic E-state index is -0.291. The molecule has 32 heavy (non-hydrogen) atoms. The van der Waals surface area contributed by atoms with Crippen LogP contribution >= 0.6 is 0 Å². The third kappa shape index (κ3) is 3.18. The fourth-order valence-corrected chi connectivity index (χ4v) is 4.88. The molecule has 0 spiro atoms. The van der Waals surface area contributed by atoms with E-state index < -0.39 is 0 Å². The molecule has 1 fully saturated rings. The van der Waals surface area contributed by atoms with Crippen LogP contribution in [0.25, 0.3) is 10.9 Å². The fourth-order valence-electron chi connectivity index (χ4n) is 4.88. The van der Waals surface area contributed by atoms with Crippen molar-refractivity contribution >= 4 is 16.9 Å². The summed E-state index contributed by atoms with van der Waals surface area (Å²) in [6.45, 7) is 2.18. The number of rotatable bonds is 3. The number of H-pyrrole nitrogens is 1. The predicted octanol–water partition coefficient (Wildman–Crippen LogP) is 4.33. The molecule has 2 aromatic heterocycles. The molecule has 0 radical (unpaired) electrons. The normalized spacial score (nSPS) is 18.9. The van der Waals surface area contributed by atoms with E-state index in [0.29, 0.717) is 12.5 Å². The first-order chi connectivity index (χ1) is 15.7. The van der Waals surface area contributed by atoms with Crippen LogP contribution in [0.5, 0.6) is 11.5 Å². The molecule has 6 rings (SSSR count). The van der Waals surface area contributed by atoms with Gasteiger partial charge in [-0.3, -0.25) is 4.57 Å². The average molecular weight is 433 g/mol. The molecule has 4 heterocycles. The number of aromatic amines is 1. The van der Waals surface area contributed by atoms with E-state index in [0.717, 1.165) is 60.1 Å². The van der Waals surface area contributed by atoms with Crippen LogP contribution in [0.2, 0.25) is 0 Å². The standard InChI is InChI=1S/C24H24FN5O2/c1-29-23(22-14-31-20-4-2-3-5-21(20)32-22)27-28-24(29)30-10-8-15(9-11-30)18-13-26-19-12-16(25)6-7-17(18)19/h2-7,12-13,15,22,26H,8-11,14H2,1H3. The van der Waals surface area contributed by atoms with Crippen LogP contribution in [0.1, 0.15) is 36.3 Å². The van der Waals surface area contributed by atoms with Gasteiger partial charge < -0.3 is 19.4 Å². The van der Waals surface area contributed by atoms with Gasteiger partial charge in [-0.05, 0) is 54.7 Å². The maximum atomic E-state index is 13.5. The van der Waals surface area contributed by atoms with Crippen LogP contribution in [-0.2, 0) is 7.05 Å².